The summed E-state index contributed by atoms with van der Waals surface area (Å²) in [7, 11) is 0. The number of hydrogen-bond acceptors (Lipinski definition) is 8. The number of ether oxygens (including phenoxy) is 1. The SMILES string of the molecule is CC1CN(c2nc3ccccc3nc2N2CCN(c3nccc(C(C)C)n3)CC2)CC(C)O1. The van der Waals surface area contributed by atoms with Crippen LogP contribution in [-0.2, 0) is 4.74 Å². The number of rotatable bonds is 4. The van der Waals surface area contributed by atoms with Crippen molar-refractivity contribution in [3.05, 3.63) is 42.2 Å². The lowest BCUT2D eigenvalue weighted by Gasteiger charge is -2.40. The van der Waals surface area contributed by atoms with Crippen molar-refractivity contribution in [1.29, 1.82) is 0 Å². The molecule has 2 atom stereocenters. The summed E-state index contributed by atoms with van der Waals surface area (Å²) in [6.07, 6.45) is 2.20. The summed E-state index contributed by atoms with van der Waals surface area (Å²) in [4.78, 5) is 26.5. The molecule has 174 valence electrons. The van der Waals surface area contributed by atoms with Crippen LogP contribution < -0.4 is 14.7 Å². The van der Waals surface area contributed by atoms with Crippen LogP contribution in [0.4, 0.5) is 17.6 Å². The van der Waals surface area contributed by atoms with Crippen molar-refractivity contribution in [2.75, 3.05) is 54.0 Å². The van der Waals surface area contributed by atoms with Crippen molar-refractivity contribution >= 4 is 28.6 Å². The average Bonchev–Trinajstić information content (AvgIpc) is 2.83. The lowest BCUT2D eigenvalue weighted by molar-refractivity contribution is -0.00542. The highest BCUT2D eigenvalue weighted by Gasteiger charge is 2.29. The molecule has 0 saturated carbocycles. The largest absolute Gasteiger partial charge is 0.372 e. The molecule has 0 aliphatic carbocycles. The van der Waals surface area contributed by atoms with Gasteiger partial charge in [-0.3, -0.25) is 0 Å². The maximum Gasteiger partial charge on any atom is 0.225 e. The van der Waals surface area contributed by atoms with Gasteiger partial charge < -0.3 is 19.4 Å². The van der Waals surface area contributed by atoms with E-state index in [1.165, 1.54) is 0 Å². The second kappa shape index (κ2) is 9.09. The summed E-state index contributed by atoms with van der Waals surface area (Å²) in [5, 5.41) is 0. The molecule has 2 aliphatic rings. The third-order valence-electron chi connectivity index (χ3n) is 6.37. The minimum atomic E-state index is 0.164. The maximum absolute atomic E-state index is 5.98. The van der Waals surface area contributed by atoms with E-state index in [-0.39, 0.29) is 12.2 Å². The minimum Gasteiger partial charge on any atom is -0.372 e. The predicted molar refractivity (Wildman–Crippen MR) is 132 cm³/mol. The molecule has 8 heteroatoms. The number of hydrogen-bond donors (Lipinski definition) is 0. The van der Waals surface area contributed by atoms with Crippen LogP contribution >= 0.6 is 0 Å². The highest BCUT2D eigenvalue weighted by Crippen LogP contribution is 2.31. The Labute approximate surface area is 195 Å². The van der Waals surface area contributed by atoms with Gasteiger partial charge in [-0.05, 0) is 38.0 Å². The van der Waals surface area contributed by atoms with Gasteiger partial charge >= 0.3 is 0 Å². The molecule has 0 N–H and O–H groups in total. The Bertz CT molecular complexity index is 1100. The van der Waals surface area contributed by atoms with Gasteiger partial charge in [0.15, 0.2) is 11.6 Å². The van der Waals surface area contributed by atoms with E-state index in [4.69, 9.17) is 19.7 Å². The zero-order valence-corrected chi connectivity index (χ0v) is 20.0. The zero-order valence-electron chi connectivity index (χ0n) is 20.0. The van der Waals surface area contributed by atoms with E-state index in [0.29, 0.717) is 5.92 Å². The molecule has 2 saturated heterocycles. The molecular formula is C25H33N7O. The second-order valence-electron chi connectivity index (χ2n) is 9.43. The van der Waals surface area contributed by atoms with Crippen molar-refractivity contribution in [1.82, 2.24) is 19.9 Å². The topological polar surface area (TPSA) is 70.5 Å². The Hall–Kier alpha value is -3.00. The third kappa shape index (κ3) is 4.57. The van der Waals surface area contributed by atoms with E-state index in [2.05, 4.69) is 47.4 Å². The first-order valence-corrected chi connectivity index (χ1v) is 12.0. The van der Waals surface area contributed by atoms with E-state index in [9.17, 15) is 0 Å². The van der Waals surface area contributed by atoms with Gasteiger partial charge in [-0.25, -0.2) is 19.9 Å². The van der Waals surface area contributed by atoms with Crippen molar-refractivity contribution < 1.29 is 4.74 Å². The van der Waals surface area contributed by atoms with Crippen LogP contribution in [0.3, 0.4) is 0 Å². The van der Waals surface area contributed by atoms with Gasteiger partial charge in [0, 0.05) is 51.2 Å². The predicted octanol–water partition coefficient (Wildman–Crippen LogP) is 3.48. The fraction of sp³-hybridized carbons (Fsp3) is 0.520. The molecule has 4 heterocycles. The molecule has 2 unspecified atom stereocenters. The van der Waals surface area contributed by atoms with E-state index in [0.717, 1.165) is 73.6 Å². The lowest BCUT2D eigenvalue weighted by Crippen LogP contribution is -2.49. The van der Waals surface area contributed by atoms with Crippen molar-refractivity contribution in [2.24, 2.45) is 0 Å². The smallest absolute Gasteiger partial charge is 0.225 e. The molecule has 33 heavy (non-hydrogen) atoms. The Morgan fingerprint density at radius 2 is 1.36 bits per heavy atom. The normalized spacial score (nSPS) is 21.8. The molecule has 3 aromatic rings. The molecule has 8 nitrogen and oxygen atoms in total. The van der Waals surface area contributed by atoms with Crippen LogP contribution in [0.5, 0.6) is 0 Å². The molecule has 5 rings (SSSR count). The maximum atomic E-state index is 5.98. The van der Waals surface area contributed by atoms with E-state index in [1.807, 2.05) is 36.5 Å². The Morgan fingerprint density at radius 3 is 1.97 bits per heavy atom. The van der Waals surface area contributed by atoms with Crippen LogP contribution in [0.1, 0.15) is 39.3 Å². The van der Waals surface area contributed by atoms with Gasteiger partial charge in [-0.15, -0.1) is 0 Å². The first-order valence-electron chi connectivity index (χ1n) is 12.0. The first-order chi connectivity index (χ1) is 16.0. The van der Waals surface area contributed by atoms with Gasteiger partial charge in [0.2, 0.25) is 5.95 Å². The first kappa shape index (κ1) is 21.8. The Morgan fingerprint density at radius 1 is 0.788 bits per heavy atom. The van der Waals surface area contributed by atoms with Crippen molar-refractivity contribution in [3.8, 4) is 0 Å². The van der Waals surface area contributed by atoms with Gasteiger partial charge in [0.25, 0.3) is 0 Å². The molecule has 0 amide bonds. The second-order valence-corrected chi connectivity index (χ2v) is 9.43. The van der Waals surface area contributed by atoms with Crippen molar-refractivity contribution in [2.45, 2.75) is 45.8 Å². The summed E-state index contributed by atoms with van der Waals surface area (Å²) in [5.74, 6) is 3.14. The fourth-order valence-electron chi connectivity index (χ4n) is 4.71. The van der Waals surface area contributed by atoms with Crippen LogP contribution in [0.15, 0.2) is 36.5 Å². The van der Waals surface area contributed by atoms with Gasteiger partial charge in [0.1, 0.15) is 0 Å². The number of para-hydroxylation sites is 2. The summed E-state index contributed by atoms with van der Waals surface area (Å²) in [5.41, 5.74) is 2.95. The number of morpholine rings is 1. The third-order valence-corrected chi connectivity index (χ3v) is 6.37. The Kier molecular flexibility index (Phi) is 6.01. The van der Waals surface area contributed by atoms with E-state index < -0.39 is 0 Å². The fourth-order valence-corrected chi connectivity index (χ4v) is 4.71. The highest BCUT2D eigenvalue weighted by molar-refractivity contribution is 5.81. The number of aromatic nitrogens is 4. The lowest BCUT2D eigenvalue weighted by atomic mass is 10.1. The van der Waals surface area contributed by atoms with E-state index in [1.54, 1.807) is 0 Å². The molecule has 0 radical (unpaired) electrons. The molecule has 2 aromatic heterocycles. The van der Waals surface area contributed by atoms with Gasteiger partial charge in [-0.2, -0.15) is 0 Å². The molecule has 1 aromatic carbocycles. The number of piperazine rings is 1. The van der Waals surface area contributed by atoms with Gasteiger partial charge in [-0.1, -0.05) is 26.0 Å². The summed E-state index contributed by atoms with van der Waals surface area (Å²) >= 11 is 0. The average molecular weight is 448 g/mol. The van der Waals surface area contributed by atoms with E-state index >= 15 is 0 Å². The summed E-state index contributed by atoms with van der Waals surface area (Å²) in [6.45, 7) is 13.6. The number of nitrogens with zero attached hydrogens (tertiary/aromatic N) is 7. The molecule has 0 bridgehead atoms. The van der Waals surface area contributed by atoms with Crippen LogP contribution in [0, 0.1) is 0 Å². The van der Waals surface area contributed by atoms with Crippen LogP contribution in [-0.4, -0.2) is 71.4 Å². The summed E-state index contributed by atoms with van der Waals surface area (Å²) < 4.78 is 5.98. The molecule has 2 aliphatic heterocycles. The van der Waals surface area contributed by atoms with Crippen molar-refractivity contribution in [3.63, 3.8) is 0 Å². The number of fused-ring (bicyclic) bond motifs is 1. The Balaban J connectivity index is 1.42. The minimum absolute atomic E-state index is 0.164. The monoisotopic (exact) mass is 447 g/mol. The summed E-state index contributed by atoms with van der Waals surface area (Å²) in [6, 6.07) is 10.1. The van der Waals surface area contributed by atoms with Crippen LogP contribution in [0.25, 0.3) is 11.0 Å². The number of benzene rings is 1. The molecule has 2 fully saturated rings. The molecular weight excluding hydrogens is 414 g/mol. The highest BCUT2D eigenvalue weighted by atomic mass is 16.5. The quantitative estimate of drug-likeness (QED) is 0.602. The standard InChI is InChI=1S/C25H33N7O/c1-17(2)20-9-10-26-25(29-20)31-13-11-30(12-14-31)23-24(32-15-18(3)33-19(4)16-32)28-22-8-6-5-7-21(22)27-23/h5-10,17-19H,11-16H2,1-4H3. The van der Waals surface area contributed by atoms with Crippen LogP contribution in [0.2, 0.25) is 0 Å². The zero-order chi connectivity index (χ0) is 22.9. The molecule has 0 spiro atoms. The van der Waals surface area contributed by atoms with Gasteiger partial charge in [0.05, 0.1) is 23.2 Å². The number of anilines is 3.